The average Bonchev–Trinajstić information content (AvgIpc) is 3.12. The Labute approximate surface area is 156 Å². The van der Waals surface area contributed by atoms with Crippen molar-refractivity contribution in [1.29, 1.82) is 0 Å². The lowest BCUT2D eigenvalue weighted by molar-refractivity contribution is 0.219. The number of anilines is 1. The topological polar surface area (TPSA) is 40.6 Å². The molecule has 2 aromatic carbocycles. The summed E-state index contributed by atoms with van der Waals surface area (Å²) < 4.78 is 25.7. The van der Waals surface area contributed by atoms with Gasteiger partial charge in [0.15, 0.2) is 0 Å². The molecule has 0 radical (unpaired) electrons. The van der Waals surface area contributed by atoms with Gasteiger partial charge in [0.2, 0.25) is 9.84 Å². The van der Waals surface area contributed by atoms with Gasteiger partial charge < -0.3 is 9.80 Å². The highest BCUT2D eigenvalue weighted by atomic mass is 32.2. The lowest BCUT2D eigenvalue weighted by atomic mass is 10.0. The number of hydrogen-bond acceptors (Lipinski definition) is 4. The van der Waals surface area contributed by atoms with E-state index in [0.29, 0.717) is 15.8 Å². The molecule has 2 aliphatic heterocycles. The van der Waals surface area contributed by atoms with Crippen LogP contribution in [0.5, 0.6) is 0 Å². The normalized spacial score (nSPS) is 18.9. The molecule has 0 bridgehead atoms. The summed E-state index contributed by atoms with van der Waals surface area (Å²) >= 11 is 0. The van der Waals surface area contributed by atoms with E-state index in [0.717, 1.165) is 32.6 Å². The molecule has 2 aliphatic rings. The van der Waals surface area contributed by atoms with Gasteiger partial charge in [-0.2, -0.15) is 0 Å². The van der Waals surface area contributed by atoms with Crippen LogP contribution >= 0.6 is 0 Å². The van der Waals surface area contributed by atoms with Crippen molar-refractivity contribution < 1.29 is 8.42 Å². The molecule has 1 fully saturated rings. The third kappa shape index (κ3) is 3.14. The van der Waals surface area contributed by atoms with Crippen LogP contribution in [-0.4, -0.2) is 45.5 Å². The molecule has 0 aromatic heterocycles. The second kappa shape index (κ2) is 7.05. The number of hydrogen-bond donors (Lipinski definition) is 0. The number of likely N-dealkylation sites (tertiary alicyclic amines) is 1. The van der Waals surface area contributed by atoms with E-state index >= 15 is 0 Å². The highest BCUT2D eigenvalue weighted by molar-refractivity contribution is 7.91. The molecule has 138 valence electrons. The molecule has 4 nitrogen and oxygen atoms in total. The molecule has 0 spiro atoms. The van der Waals surface area contributed by atoms with Crippen LogP contribution in [-0.2, 0) is 16.3 Å². The van der Waals surface area contributed by atoms with Gasteiger partial charge >= 0.3 is 0 Å². The molecule has 0 unspecified atom stereocenters. The molecule has 0 atom stereocenters. The summed E-state index contributed by atoms with van der Waals surface area (Å²) in [5.74, 6) is 0. The molecule has 5 heteroatoms. The number of sulfone groups is 1. The van der Waals surface area contributed by atoms with E-state index in [1.165, 1.54) is 24.1 Å². The van der Waals surface area contributed by atoms with Crippen molar-refractivity contribution in [3.8, 4) is 0 Å². The first kappa shape index (κ1) is 17.6. The first-order valence-electron chi connectivity index (χ1n) is 9.51. The van der Waals surface area contributed by atoms with Crippen LogP contribution in [0.4, 0.5) is 5.69 Å². The van der Waals surface area contributed by atoms with Crippen molar-refractivity contribution >= 4 is 15.5 Å². The van der Waals surface area contributed by atoms with Crippen LogP contribution in [0.3, 0.4) is 0 Å². The van der Waals surface area contributed by atoms with Crippen LogP contribution < -0.4 is 4.90 Å². The predicted octanol–water partition coefficient (Wildman–Crippen LogP) is 3.37. The molecule has 2 heterocycles. The van der Waals surface area contributed by atoms with Gasteiger partial charge in [-0.1, -0.05) is 25.1 Å². The fraction of sp³-hybridized carbons (Fsp3) is 0.429. The van der Waals surface area contributed by atoms with Gasteiger partial charge in [0.25, 0.3) is 0 Å². The number of benzene rings is 2. The first-order valence-corrected chi connectivity index (χ1v) is 11.0. The van der Waals surface area contributed by atoms with Gasteiger partial charge in [0.05, 0.1) is 9.79 Å². The maximum atomic E-state index is 12.9. The highest BCUT2D eigenvalue weighted by Gasteiger charge is 2.30. The van der Waals surface area contributed by atoms with E-state index < -0.39 is 9.84 Å². The summed E-state index contributed by atoms with van der Waals surface area (Å²) in [5, 5.41) is 0. The van der Waals surface area contributed by atoms with Gasteiger partial charge in [-0.25, -0.2) is 8.42 Å². The summed E-state index contributed by atoms with van der Waals surface area (Å²) in [6.07, 6.45) is 3.32. The fourth-order valence-electron chi connectivity index (χ4n) is 4.23. The molecular weight excluding hydrogens is 344 g/mol. The number of fused-ring (bicyclic) bond motifs is 1. The molecule has 4 rings (SSSR count). The van der Waals surface area contributed by atoms with Crippen molar-refractivity contribution in [2.45, 2.75) is 42.0 Å². The van der Waals surface area contributed by atoms with Crippen LogP contribution in [0.25, 0.3) is 0 Å². The first-order chi connectivity index (χ1) is 12.6. The van der Waals surface area contributed by atoms with Gasteiger partial charge in [0.1, 0.15) is 0 Å². The maximum Gasteiger partial charge on any atom is 0.206 e. The summed E-state index contributed by atoms with van der Waals surface area (Å²) in [7, 11) is -3.44. The number of nitrogens with zero attached hydrogens (tertiary/aromatic N) is 2. The van der Waals surface area contributed by atoms with Crippen molar-refractivity contribution in [2.75, 3.05) is 31.1 Å². The summed E-state index contributed by atoms with van der Waals surface area (Å²) in [5.41, 5.74) is 2.40. The van der Waals surface area contributed by atoms with E-state index in [4.69, 9.17) is 0 Å². The molecule has 0 aliphatic carbocycles. The Balaban J connectivity index is 1.58. The summed E-state index contributed by atoms with van der Waals surface area (Å²) in [6.45, 7) is 6.67. The third-order valence-electron chi connectivity index (χ3n) is 5.79. The van der Waals surface area contributed by atoms with Crippen molar-refractivity contribution in [1.82, 2.24) is 4.90 Å². The van der Waals surface area contributed by atoms with Crippen LogP contribution in [0.1, 0.15) is 25.3 Å². The SMILES string of the molecule is CCN1CCC(N2CCc3cc(S(=O)(=O)c4ccccc4)ccc32)CC1. The minimum absolute atomic E-state index is 0.363. The van der Waals surface area contributed by atoms with Crippen molar-refractivity contribution in [2.24, 2.45) is 0 Å². The number of rotatable bonds is 4. The molecule has 0 amide bonds. The van der Waals surface area contributed by atoms with Gasteiger partial charge in [-0.15, -0.1) is 0 Å². The van der Waals surface area contributed by atoms with E-state index in [1.807, 2.05) is 18.2 Å². The highest BCUT2D eigenvalue weighted by Crippen LogP contribution is 2.35. The average molecular weight is 371 g/mol. The van der Waals surface area contributed by atoms with E-state index in [-0.39, 0.29) is 0 Å². The van der Waals surface area contributed by atoms with E-state index in [9.17, 15) is 8.42 Å². The van der Waals surface area contributed by atoms with Crippen LogP contribution in [0, 0.1) is 0 Å². The Morgan fingerprint density at radius 1 is 0.962 bits per heavy atom. The Hall–Kier alpha value is -1.85. The zero-order chi connectivity index (χ0) is 18.1. The van der Waals surface area contributed by atoms with E-state index in [1.54, 1.807) is 30.3 Å². The largest absolute Gasteiger partial charge is 0.368 e. The Kier molecular flexibility index (Phi) is 4.76. The minimum atomic E-state index is -3.44. The second-order valence-corrected chi connectivity index (χ2v) is 9.17. The molecule has 2 aromatic rings. The second-order valence-electron chi connectivity index (χ2n) is 7.22. The lowest BCUT2D eigenvalue weighted by Gasteiger charge is -2.37. The smallest absolute Gasteiger partial charge is 0.206 e. The van der Waals surface area contributed by atoms with Crippen LogP contribution in [0.2, 0.25) is 0 Å². The quantitative estimate of drug-likeness (QED) is 0.827. The lowest BCUT2D eigenvalue weighted by Crippen LogP contribution is -2.44. The molecule has 1 saturated heterocycles. The molecule has 0 saturated carbocycles. The Morgan fingerprint density at radius 3 is 2.38 bits per heavy atom. The fourth-order valence-corrected chi connectivity index (χ4v) is 5.57. The van der Waals surface area contributed by atoms with Crippen LogP contribution in [0.15, 0.2) is 58.3 Å². The Bertz CT molecular complexity index is 872. The molecule has 0 N–H and O–H groups in total. The van der Waals surface area contributed by atoms with Gasteiger partial charge in [-0.05, 0) is 61.7 Å². The molecule has 26 heavy (non-hydrogen) atoms. The third-order valence-corrected chi connectivity index (χ3v) is 7.56. The van der Waals surface area contributed by atoms with Crippen molar-refractivity contribution in [3.63, 3.8) is 0 Å². The molecular formula is C21H26N2O2S. The summed E-state index contributed by atoms with van der Waals surface area (Å²) in [6, 6.07) is 15.0. The predicted molar refractivity (Wildman–Crippen MR) is 105 cm³/mol. The van der Waals surface area contributed by atoms with Gasteiger partial charge in [-0.3, -0.25) is 0 Å². The number of piperidine rings is 1. The van der Waals surface area contributed by atoms with Gasteiger partial charge in [0, 0.05) is 31.4 Å². The monoisotopic (exact) mass is 370 g/mol. The van der Waals surface area contributed by atoms with Crippen molar-refractivity contribution in [3.05, 3.63) is 54.1 Å². The summed E-state index contributed by atoms with van der Waals surface area (Å²) in [4.78, 5) is 5.77. The Morgan fingerprint density at radius 2 is 1.69 bits per heavy atom. The standard InChI is InChI=1S/C21H26N2O2S/c1-2-22-13-11-18(12-14-22)23-15-10-17-16-20(8-9-21(17)23)26(24,25)19-6-4-3-5-7-19/h3-9,16,18H,2,10-15H2,1H3. The van der Waals surface area contributed by atoms with E-state index in [2.05, 4.69) is 16.7 Å². The zero-order valence-corrected chi connectivity index (χ0v) is 16.1. The zero-order valence-electron chi connectivity index (χ0n) is 15.3. The maximum absolute atomic E-state index is 12.9. The minimum Gasteiger partial charge on any atom is -0.368 e.